The van der Waals surface area contributed by atoms with E-state index in [1.165, 1.54) is 4.68 Å². The van der Waals surface area contributed by atoms with Crippen molar-refractivity contribution < 1.29 is 28.5 Å². The number of ether oxygens (including phenoxy) is 4. The van der Waals surface area contributed by atoms with E-state index < -0.39 is 29.4 Å². The average Bonchev–Trinajstić information content (AvgIpc) is 3.38. The molecule has 2 aromatic carbocycles. The summed E-state index contributed by atoms with van der Waals surface area (Å²) in [6.45, 7) is 15.9. The van der Waals surface area contributed by atoms with Crippen LogP contribution in [0.25, 0.3) is 22.0 Å². The van der Waals surface area contributed by atoms with E-state index in [4.69, 9.17) is 18.9 Å². The summed E-state index contributed by atoms with van der Waals surface area (Å²) < 4.78 is 24.9. The first-order valence-corrected chi connectivity index (χ1v) is 17.3. The summed E-state index contributed by atoms with van der Waals surface area (Å²) in [5.41, 5.74) is 2.83. The number of pyridine rings is 1. The minimum absolute atomic E-state index is 0.186. The Hall–Kier alpha value is -4.64. The summed E-state index contributed by atoms with van der Waals surface area (Å²) in [5.74, 6) is 1.92. The summed E-state index contributed by atoms with van der Waals surface area (Å²) in [4.78, 5) is 32.4. The Morgan fingerprint density at radius 1 is 0.900 bits per heavy atom. The van der Waals surface area contributed by atoms with Gasteiger partial charge in [-0.15, -0.1) is 0 Å². The number of benzene rings is 2. The van der Waals surface area contributed by atoms with Gasteiger partial charge in [-0.1, -0.05) is 18.2 Å². The number of likely N-dealkylation sites (tertiary alicyclic amines) is 1. The van der Waals surface area contributed by atoms with Crippen molar-refractivity contribution in [2.75, 3.05) is 33.4 Å². The number of alkyl carbamates (subject to hydrolysis) is 1. The predicted molar refractivity (Wildman–Crippen MR) is 194 cm³/mol. The smallest absolute Gasteiger partial charge is 0.435 e. The van der Waals surface area contributed by atoms with Crippen LogP contribution in [0.15, 0.2) is 60.9 Å². The van der Waals surface area contributed by atoms with Gasteiger partial charge in [-0.2, -0.15) is 9.78 Å². The van der Waals surface area contributed by atoms with Crippen LogP contribution in [0.5, 0.6) is 11.5 Å². The Bertz CT molecular complexity index is 1780. The lowest BCUT2D eigenvalue weighted by Crippen LogP contribution is -2.43. The third-order valence-corrected chi connectivity index (χ3v) is 8.35. The SMILES string of the molecule is Cc1nn(C(=O)OC(C)(C)C)c2ccc(-c3cncc(OC[C@H](Cc4cccc(OCC5CCN(C)CC5)c4)NC(=O)OC(C)(C)C)c3)cc12. The van der Waals surface area contributed by atoms with E-state index in [0.29, 0.717) is 35.9 Å². The molecule has 2 aromatic heterocycles. The summed E-state index contributed by atoms with van der Waals surface area (Å²) in [5, 5.41) is 8.27. The van der Waals surface area contributed by atoms with E-state index in [0.717, 1.165) is 53.8 Å². The normalized spacial score (nSPS) is 15.0. The van der Waals surface area contributed by atoms with E-state index in [1.54, 1.807) is 12.4 Å². The quantitative estimate of drug-likeness (QED) is 0.182. The van der Waals surface area contributed by atoms with Gasteiger partial charge in [0.05, 0.1) is 30.1 Å². The number of aromatic nitrogens is 3. The molecule has 5 rings (SSSR count). The molecule has 1 aliphatic heterocycles. The van der Waals surface area contributed by atoms with Gasteiger partial charge >= 0.3 is 12.2 Å². The van der Waals surface area contributed by atoms with Gasteiger partial charge < -0.3 is 29.2 Å². The molecule has 268 valence electrons. The second-order valence-corrected chi connectivity index (χ2v) is 15.2. The van der Waals surface area contributed by atoms with Crippen LogP contribution in [-0.2, 0) is 15.9 Å². The fourth-order valence-electron chi connectivity index (χ4n) is 5.86. The molecule has 3 heterocycles. The number of hydrogen-bond donors (Lipinski definition) is 1. The van der Waals surface area contributed by atoms with Crippen molar-refractivity contribution in [3.8, 4) is 22.6 Å². The molecule has 1 aliphatic rings. The van der Waals surface area contributed by atoms with Crippen molar-refractivity contribution in [1.29, 1.82) is 0 Å². The first-order chi connectivity index (χ1) is 23.6. The molecule has 1 N–H and O–H groups in total. The molecule has 0 bridgehead atoms. The van der Waals surface area contributed by atoms with Crippen molar-refractivity contribution in [2.24, 2.45) is 5.92 Å². The lowest BCUT2D eigenvalue weighted by atomic mass is 9.98. The second kappa shape index (κ2) is 15.5. The lowest BCUT2D eigenvalue weighted by Gasteiger charge is -2.28. The summed E-state index contributed by atoms with van der Waals surface area (Å²) in [6.07, 6.45) is 5.15. The van der Waals surface area contributed by atoms with Crippen LogP contribution in [0, 0.1) is 12.8 Å². The molecule has 1 fully saturated rings. The van der Waals surface area contributed by atoms with E-state index in [9.17, 15) is 9.59 Å². The van der Waals surface area contributed by atoms with Crippen LogP contribution in [0.2, 0.25) is 0 Å². The largest absolute Gasteiger partial charge is 0.493 e. The maximum Gasteiger partial charge on any atom is 0.435 e. The predicted octanol–water partition coefficient (Wildman–Crippen LogP) is 7.43. The second-order valence-electron chi connectivity index (χ2n) is 15.2. The number of carbonyl (C=O) groups is 2. The number of rotatable bonds is 10. The summed E-state index contributed by atoms with van der Waals surface area (Å²) >= 11 is 0. The third kappa shape index (κ3) is 10.4. The molecule has 4 aromatic rings. The maximum absolute atomic E-state index is 12.9. The first-order valence-electron chi connectivity index (χ1n) is 17.3. The zero-order valence-corrected chi connectivity index (χ0v) is 30.6. The Kier molecular flexibility index (Phi) is 11.4. The highest BCUT2D eigenvalue weighted by atomic mass is 16.6. The average molecular weight is 686 g/mol. The molecular formula is C39H51N5O6. The van der Waals surface area contributed by atoms with Crippen molar-refractivity contribution in [2.45, 2.75) is 85.0 Å². The minimum Gasteiger partial charge on any atom is -0.493 e. The van der Waals surface area contributed by atoms with Crippen LogP contribution in [-0.4, -0.2) is 82.4 Å². The Labute approximate surface area is 295 Å². The number of nitrogens with one attached hydrogen (secondary N) is 1. The Morgan fingerprint density at radius 3 is 2.36 bits per heavy atom. The van der Waals surface area contributed by atoms with Gasteiger partial charge in [0.2, 0.25) is 0 Å². The molecule has 0 spiro atoms. The van der Waals surface area contributed by atoms with Crippen LogP contribution < -0.4 is 14.8 Å². The van der Waals surface area contributed by atoms with E-state index >= 15 is 0 Å². The van der Waals surface area contributed by atoms with Crippen LogP contribution >= 0.6 is 0 Å². The lowest BCUT2D eigenvalue weighted by molar-refractivity contribution is 0.0484. The van der Waals surface area contributed by atoms with E-state index in [-0.39, 0.29) is 6.61 Å². The molecule has 1 amide bonds. The molecule has 0 saturated carbocycles. The molecule has 50 heavy (non-hydrogen) atoms. The molecule has 0 unspecified atom stereocenters. The number of nitrogens with zero attached hydrogens (tertiary/aromatic N) is 4. The number of piperidine rings is 1. The highest BCUT2D eigenvalue weighted by molar-refractivity contribution is 5.92. The number of aryl methyl sites for hydroxylation is 1. The zero-order valence-electron chi connectivity index (χ0n) is 30.6. The van der Waals surface area contributed by atoms with Gasteiger partial charge in [-0.25, -0.2) is 9.59 Å². The standard InChI is InChI=1S/C39H51N5O6/c1-26-34-21-29(12-13-35(34)44(42-26)37(46)50-39(5,6)7)30-20-33(23-40-22-30)48-25-31(41-36(45)49-38(2,3)4)18-28-10-9-11-32(19-28)47-24-27-14-16-43(8)17-15-27/h9-13,19-23,27,31H,14-18,24-25H2,1-8H3,(H,41,45)/t31-/m0/s1. The van der Waals surface area contributed by atoms with E-state index in [1.807, 2.05) is 97.0 Å². The van der Waals surface area contributed by atoms with Gasteiger partial charge in [-0.05, 0) is 135 Å². The Morgan fingerprint density at radius 2 is 1.64 bits per heavy atom. The first kappa shape index (κ1) is 36.6. The van der Waals surface area contributed by atoms with Gasteiger partial charge in [-0.3, -0.25) is 4.98 Å². The molecule has 11 nitrogen and oxygen atoms in total. The number of fused-ring (bicyclic) bond motifs is 1. The fourth-order valence-corrected chi connectivity index (χ4v) is 5.86. The molecule has 11 heteroatoms. The third-order valence-electron chi connectivity index (χ3n) is 8.35. The number of amides is 1. The van der Waals surface area contributed by atoms with Gasteiger partial charge in [0.15, 0.2) is 0 Å². The van der Waals surface area contributed by atoms with Crippen molar-refractivity contribution >= 4 is 23.1 Å². The topological polar surface area (TPSA) is 117 Å². The number of hydrogen-bond acceptors (Lipinski definition) is 9. The van der Waals surface area contributed by atoms with Crippen LogP contribution in [0.3, 0.4) is 0 Å². The molecular weight excluding hydrogens is 634 g/mol. The molecule has 1 atom stereocenters. The highest BCUT2D eigenvalue weighted by Crippen LogP contribution is 2.29. The van der Waals surface area contributed by atoms with Gasteiger partial charge in [0, 0.05) is 17.1 Å². The van der Waals surface area contributed by atoms with Crippen LogP contribution in [0.1, 0.15) is 65.6 Å². The van der Waals surface area contributed by atoms with Crippen molar-refractivity contribution in [3.05, 3.63) is 72.2 Å². The highest BCUT2D eigenvalue weighted by Gasteiger charge is 2.23. The maximum atomic E-state index is 12.9. The fraction of sp³-hybridized carbons (Fsp3) is 0.487. The van der Waals surface area contributed by atoms with E-state index in [2.05, 4.69) is 27.3 Å². The summed E-state index contributed by atoms with van der Waals surface area (Å²) in [6, 6.07) is 15.3. The molecule has 0 radical (unpaired) electrons. The van der Waals surface area contributed by atoms with Crippen LogP contribution in [0.4, 0.5) is 9.59 Å². The monoisotopic (exact) mass is 685 g/mol. The van der Waals surface area contributed by atoms with Crippen molar-refractivity contribution in [3.63, 3.8) is 0 Å². The van der Waals surface area contributed by atoms with Gasteiger partial charge in [0.25, 0.3) is 0 Å². The van der Waals surface area contributed by atoms with Gasteiger partial charge in [0.1, 0.15) is 29.3 Å². The minimum atomic E-state index is -0.641. The number of carbonyl (C=O) groups excluding carboxylic acids is 2. The molecule has 0 aliphatic carbocycles. The Balaban J connectivity index is 1.28. The van der Waals surface area contributed by atoms with Crippen molar-refractivity contribution in [1.82, 2.24) is 25.0 Å². The zero-order chi connectivity index (χ0) is 36.1. The molecule has 1 saturated heterocycles. The summed E-state index contributed by atoms with van der Waals surface area (Å²) in [7, 11) is 2.16.